The van der Waals surface area contributed by atoms with Crippen molar-refractivity contribution in [1.82, 2.24) is 15.0 Å². The number of piperazine rings is 1. The quantitative estimate of drug-likeness (QED) is 0.660. The van der Waals surface area contributed by atoms with E-state index in [-0.39, 0.29) is 24.7 Å². The Morgan fingerprint density at radius 3 is 2.58 bits per heavy atom. The van der Waals surface area contributed by atoms with Crippen molar-refractivity contribution in [2.45, 2.75) is 13.0 Å². The van der Waals surface area contributed by atoms with E-state index in [1.165, 1.54) is 15.9 Å². The standard InChI is InChI=1S/C21H24FN5O5S/c1-13-9-17(23-32-13)19(28)26-7-5-25(6-8-26)18-4-3-14(10-16(18)22)27-12-15(31-20(27)29)11-24(2)21(30)33/h3-4,9-10,15H,5-8,11-12H2,1-2H3,(H,30,33)/t15-/m1/s1. The number of ether oxygens (including phenoxy) is 1. The first-order chi connectivity index (χ1) is 15.7. The van der Waals surface area contributed by atoms with Crippen LogP contribution in [-0.2, 0) is 4.74 Å². The fourth-order valence-corrected chi connectivity index (χ4v) is 3.99. The summed E-state index contributed by atoms with van der Waals surface area (Å²) in [4.78, 5) is 42.2. The molecule has 2 aromatic rings. The Balaban J connectivity index is 1.38. The number of anilines is 2. The highest BCUT2D eigenvalue weighted by atomic mass is 32.1. The number of rotatable bonds is 5. The van der Waals surface area contributed by atoms with Gasteiger partial charge in [-0.25, -0.2) is 9.18 Å². The lowest BCUT2D eigenvalue weighted by atomic mass is 10.2. The molecule has 0 N–H and O–H groups in total. The fourth-order valence-electron chi connectivity index (χ4n) is 3.91. The van der Waals surface area contributed by atoms with Crippen LogP contribution in [-0.4, -0.2) is 84.6 Å². The summed E-state index contributed by atoms with van der Waals surface area (Å²) in [7, 11) is 1.56. The van der Waals surface area contributed by atoms with E-state index in [0.717, 1.165) is 0 Å². The van der Waals surface area contributed by atoms with Crippen LogP contribution in [0.4, 0.5) is 25.4 Å². The molecule has 0 spiro atoms. The van der Waals surface area contributed by atoms with Gasteiger partial charge < -0.3 is 24.0 Å². The molecule has 1 aromatic carbocycles. The van der Waals surface area contributed by atoms with Gasteiger partial charge in [0.05, 0.1) is 24.5 Å². The molecular formula is C21H24FN5O5S. The van der Waals surface area contributed by atoms with Crippen LogP contribution in [0.15, 0.2) is 28.8 Å². The minimum absolute atomic E-state index is 0.196. The van der Waals surface area contributed by atoms with Crippen LogP contribution in [0.25, 0.3) is 0 Å². The molecule has 2 aliphatic heterocycles. The van der Waals surface area contributed by atoms with Crippen LogP contribution >= 0.6 is 12.6 Å². The van der Waals surface area contributed by atoms with Crippen LogP contribution in [0, 0.1) is 12.7 Å². The Labute approximate surface area is 195 Å². The summed E-state index contributed by atoms with van der Waals surface area (Å²) in [5.41, 5.74) is 1.03. The van der Waals surface area contributed by atoms with Gasteiger partial charge in [0.25, 0.3) is 11.1 Å². The van der Waals surface area contributed by atoms with Crippen LogP contribution in [0.3, 0.4) is 0 Å². The Hall–Kier alpha value is -3.28. The van der Waals surface area contributed by atoms with Crippen molar-refractivity contribution in [3.8, 4) is 0 Å². The molecule has 10 nitrogen and oxygen atoms in total. The number of thiol groups is 1. The number of nitrogens with zero attached hydrogens (tertiary/aromatic N) is 5. The minimum atomic E-state index is -0.595. The summed E-state index contributed by atoms with van der Waals surface area (Å²) in [6, 6.07) is 6.16. The summed E-state index contributed by atoms with van der Waals surface area (Å²) in [6.07, 6.45) is -1.12. The third kappa shape index (κ3) is 4.90. The fraction of sp³-hybridized carbons (Fsp3) is 0.429. The highest BCUT2D eigenvalue weighted by molar-refractivity contribution is 7.96. The second-order valence-electron chi connectivity index (χ2n) is 8.02. The average Bonchev–Trinajstić information content (AvgIpc) is 3.38. The number of carbonyl (C=O) groups excluding carboxylic acids is 3. The predicted octanol–water partition coefficient (Wildman–Crippen LogP) is 2.39. The number of likely N-dealkylation sites (N-methyl/N-ethyl adjacent to an activating group) is 1. The predicted molar refractivity (Wildman–Crippen MR) is 120 cm³/mol. The highest BCUT2D eigenvalue weighted by Crippen LogP contribution is 2.29. The summed E-state index contributed by atoms with van der Waals surface area (Å²) in [5.74, 6) is -0.123. The molecule has 2 saturated heterocycles. The van der Waals surface area contributed by atoms with Gasteiger partial charge in [-0.15, -0.1) is 0 Å². The summed E-state index contributed by atoms with van der Waals surface area (Å²) in [5, 5.41) is 3.33. The summed E-state index contributed by atoms with van der Waals surface area (Å²) >= 11 is 3.74. The van der Waals surface area contributed by atoms with Crippen molar-refractivity contribution in [3.05, 3.63) is 41.5 Å². The normalized spacial score (nSPS) is 18.5. The molecule has 1 atom stereocenters. The zero-order valence-corrected chi connectivity index (χ0v) is 19.1. The third-order valence-corrected chi connectivity index (χ3v) is 6.02. The topological polar surface area (TPSA) is 99.4 Å². The van der Waals surface area contributed by atoms with E-state index in [1.54, 1.807) is 37.1 Å². The summed E-state index contributed by atoms with van der Waals surface area (Å²) < 4.78 is 25.2. The number of cyclic esters (lactones) is 1. The zero-order chi connectivity index (χ0) is 23.7. The van der Waals surface area contributed by atoms with E-state index >= 15 is 0 Å². The monoisotopic (exact) mass is 477 g/mol. The van der Waals surface area contributed by atoms with Crippen molar-refractivity contribution in [1.29, 1.82) is 0 Å². The number of aryl methyl sites for hydroxylation is 1. The Bertz CT molecular complexity index is 1070. The van der Waals surface area contributed by atoms with Gasteiger partial charge in [0.1, 0.15) is 17.7 Å². The van der Waals surface area contributed by atoms with Crippen LogP contribution in [0.2, 0.25) is 0 Å². The first kappa shape index (κ1) is 22.9. The number of hydrogen-bond donors (Lipinski definition) is 1. The molecule has 2 fully saturated rings. The van der Waals surface area contributed by atoms with Crippen molar-refractivity contribution in [2.75, 3.05) is 56.1 Å². The third-order valence-electron chi connectivity index (χ3n) is 5.68. The van der Waals surface area contributed by atoms with E-state index in [2.05, 4.69) is 17.8 Å². The van der Waals surface area contributed by atoms with E-state index in [9.17, 15) is 18.8 Å². The molecule has 176 valence electrons. The second-order valence-corrected chi connectivity index (χ2v) is 8.40. The molecule has 0 aliphatic carbocycles. The molecule has 0 saturated carbocycles. The number of hydrogen-bond acceptors (Lipinski definition) is 7. The molecule has 0 bridgehead atoms. The molecule has 1 aromatic heterocycles. The van der Waals surface area contributed by atoms with Gasteiger partial charge in [-0.1, -0.05) is 17.8 Å². The molecule has 3 heterocycles. The maximum Gasteiger partial charge on any atom is 0.414 e. The van der Waals surface area contributed by atoms with Crippen molar-refractivity contribution < 1.29 is 28.0 Å². The number of halogens is 1. The largest absolute Gasteiger partial charge is 0.442 e. The number of carbonyl (C=O) groups is 3. The van der Waals surface area contributed by atoms with E-state index in [4.69, 9.17) is 9.26 Å². The van der Waals surface area contributed by atoms with Crippen LogP contribution in [0.5, 0.6) is 0 Å². The van der Waals surface area contributed by atoms with Gasteiger partial charge in [-0.2, -0.15) is 0 Å². The Kier molecular flexibility index (Phi) is 6.45. The van der Waals surface area contributed by atoms with Gasteiger partial charge in [0.15, 0.2) is 5.69 Å². The first-order valence-electron chi connectivity index (χ1n) is 10.4. The van der Waals surface area contributed by atoms with Crippen molar-refractivity contribution in [2.24, 2.45) is 0 Å². The van der Waals surface area contributed by atoms with E-state index in [0.29, 0.717) is 43.3 Å². The number of benzene rings is 1. The zero-order valence-electron chi connectivity index (χ0n) is 18.2. The van der Waals surface area contributed by atoms with Gasteiger partial charge in [-0.3, -0.25) is 14.5 Å². The molecule has 0 unspecified atom stereocenters. The molecular weight excluding hydrogens is 453 g/mol. The Morgan fingerprint density at radius 1 is 1.24 bits per heavy atom. The first-order valence-corrected chi connectivity index (χ1v) is 10.9. The van der Waals surface area contributed by atoms with Crippen LogP contribution in [0.1, 0.15) is 16.2 Å². The molecule has 33 heavy (non-hydrogen) atoms. The van der Waals surface area contributed by atoms with Crippen LogP contribution < -0.4 is 9.80 Å². The average molecular weight is 478 g/mol. The molecule has 0 radical (unpaired) electrons. The molecule has 12 heteroatoms. The highest BCUT2D eigenvalue weighted by Gasteiger charge is 2.34. The van der Waals surface area contributed by atoms with Gasteiger partial charge in [-0.05, 0) is 25.1 Å². The maximum absolute atomic E-state index is 15.0. The lowest BCUT2D eigenvalue weighted by Gasteiger charge is -2.36. The minimum Gasteiger partial charge on any atom is -0.442 e. The molecule has 2 aliphatic rings. The van der Waals surface area contributed by atoms with Crippen molar-refractivity contribution >= 4 is 41.2 Å². The van der Waals surface area contributed by atoms with Gasteiger partial charge in [0, 0.05) is 39.3 Å². The van der Waals surface area contributed by atoms with E-state index < -0.39 is 23.3 Å². The summed E-state index contributed by atoms with van der Waals surface area (Å²) in [6.45, 7) is 3.87. The van der Waals surface area contributed by atoms with E-state index in [1.807, 2.05) is 4.90 Å². The SMILES string of the molecule is Cc1cc(C(=O)N2CCN(c3ccc(N4C[C@@H](CN(C)C(=O)S)OC4=O)cc3F)CC2)no1. The van der Waals surface area contributed by atoms with Gasteiger partial charge >= 0.3 is 6.09 Å². The number of amides is 3. The Morgan fingerprint density at radius 2 is 1.97 bits per heavy atom. The lowest BCUT2D eigenvalue weighted by molar-refractivity contribution is 0.0736. The molecule has 3 amide bonds. The maximum atomic E-state index is 15.0. The molecule has 4 rings (SSSR count). The van der Waals surface area contributed by atoms with Gasteiger partial charge in [0.2, 0.25) is 0 Å². The van der Waals surface area contributed by atoms with Crippen molar-refractivity contribution in [3.63, 3.8) is 0 Å². The second kappa shape index (κ2) is 9.30. The smallest absolute Gasteiger partial charge is 0.414 e. The lowest BCUT2D eigenvalue weighted by Crippen LogP contribution is -2.49. The number of aromatic nitrogens is 1.